The molecule has 0 saturated heterocycles. The van der Waals surface area contributed by atoms with Crippen molar-refractivity contribution in [3.05, 3.63) is 35.9 Å². The standard InChI is InChI=1S/C13H19NO4S/c1-17-12(18-2)11(8-14-13(15)16)19-9-10-6-4-3-5-7-10/h3-7,11-12,14H,8-9H2,1-2H3,(H,15,16). The molecule has 1 aromatic carbocycles. The van der Waals surface area contributed by atoms with Crippen LogP contribution in [0.2, 0.25) is 0 Å². The Balaban J connectivity index is 2.55. The van der Waals surface area contributed by atoms with Crippen molar-refractivity contribution >= 4 is 17.9 Å². The first-order chi connectivity index (χ1) is 9.17. The number of hydrogen-bond donors (Lipinski definition) is 2. The summed E-state index contributed by atoms with van der Waals surface area (Å²) in [6.45, 7) is 0.277. The van der Waals surface area contributed by atoms with Crippen molar-refractivity contribution in [1.82, 2.24) is 5.32 Å². The van der Waals surface area contributed by atoms with E-state index in [1.54, 1.807) is 26.0 Å². The molecule has 106 valence electrons. The Hall–Kier alpha value is -1.24. The van der Waals surface area contributed by atoms with Gasteiger partial charge >= 0.3 is 6.09 Å². The number of thioether (sulfide) groups is 1. The van der Waals surface area contributed by atoms with E-state index in [0.29, 0.717) is 0 Å². The lowest BCUT2D eigenvalue weighted by Gasteiger charge is -2.24. The topological polar surface area (TPSA) is 67.8 Å². The highest BCUT2D eigenvalue weighted by molar-refractivity contribution is 7.99. The van der Waals surface area contributed by atoms with Gasteiger partial charge in [-0.05, 0) is 5.56 Å². The molecule has 0 aliphatic heterocycles. The zero-order chi connectivity index (χ0) is 14.1. The smallest absolute Gasteiger partial charge is 0.404 e. The summed E-state index contributed by atoms with van der Waals surface area (Å²) in [5.74, 6) is 0.774. The molecule has 1 unspecified atom stereocenters. The van der Waals surface area contributed by atoms with Crippen molar-refractivity contribution in [2.45, 2.75) is 17.3 Å². The zero-order valence-electron chi connectivity index (χ0n) is 11.0. The highest BCUT2D eigenvalue weighted by Gasteiger charge is 2.22. The van der Waals surface area contributed by atoms with Crippen molar-refractivity contribution in [3.63, 3.8) is 0 Å². The number of nitrogens with one attached hydrogen (secondary N) is 1. The molecule has 0 aliphatic carbocycles. The Labute approximate surface area is 117 Å². The molecule has 0 radical (unpaired) electrons. The average Bonchev–Trinajstić information content (AvgIpc) is 2.43. The fourth-order valence-corrected chi connectivity index (χ4v) is 2.78. The van der Waals surface area contributed by atoms with Gasteiger partial charge in [-0.2, -0.15) is 0 Å². The summed E-state index contributed by atoms with van der Waals surface area (Å²) >= 11 is 1.60. The Morgan fingerprint density at radius 3 is 2.47 bits per heavy atom. The monoisotopic (exact) mass is 285 g/mol. The highest BCUT2D eigenvalue weighted by Crippen LogP contribution is 2.21. The second kappa shape index (κ2) is 8.79. The van der Waals surface area contributed by atoms with Crippen LogP contribution in [0.4, 0.5) is 4.79 Å². The first-order valence-corrected chi connectivity index (χ1v) is 6.90. The van der Waals surface area contributed by atoms with Crippen LogP contribution in [0.5, 0.6) is 0 Å². The van der Waals surface area contributed by atoms with Gasteiger partial charge in [-0.3, -0.25) is 0 Å². The molecular weight excluding hydrogens is 266 g/mol. The molecule has 6 heteroatoms. The summed E-state index contributed by atoms with van der Waals surface area (Å²) in [4.78, 5) is 10.6. The van der Waals surface area contributed by atoms with Crippen molar-refractivity contribution in [2.24, 2.45) is 0 Å². The van der Waals surface area contributed by atoms with Crippen LogP contribution in [-0.2, 0) is 15.2 Å². The molecule has 1 amide bonds. The van der Waals surface area contributed by atoms with Crippen molar-refractivity contribution in [1.29, 1.82) is 0 Å². The lowest BCUT2D eigenvalue weighted by molar-refractivity contribution is -0.101. The maximum absolute atomic E-state index is 10.6. The Bertz CT molecular complexity index is 370. The number of amides is 1. The molecule has 0 spiro atoms. The summed E-state index contributed by atoms with van der Waals surface area (Å²) in [5, 5.41) is 10.9. The van der Waals surface area contributed by atoms with Crippen LogP contribution < -0.4 is 5.32 Å². The molecule has 0 aliphatic rings. The van der Waals surface area contributed by atoms with Gasteiger partial charge in [-0.15, -0.1) is 11.8 Å². The molecular formula is C13H19NO4S. The summed E-state index contributed by atoms with van der Waals surface area (Å²) < 4.78 is 10.4. The molecule has 0 saturated carbocycles. The zero-order valence-corrected chi connectivity index (χ0v) is 11.9. The minimum absolute atomic E-state index is 0.105. The Morgan fingerprint density at radius 1 is 1.32 bits per heavy atom. The molecule has 2 N–H and O–H groups in total. The molecule has 0 heterocycles. The van der Waals surface area contributed by atoms with Crippen LogP contribution in [0, 0.1) is 0 Å². The van der Waals surface area contributed by atoms with E-state index in [1.165, 1.54) is 5.56 Å². The normalized spacial score (nSPS) is 12.4. The number of benzene rings is 1. The van der Waals surface area contributed by atoms with Crippen LogP contribution in [-0.4, -0.2) is 43.5 Å². The number of rotatable bonds is 8. The fourth-order valence-electron chi connectivity index (χ4n) is 1.60. The van der Waals surface area contributed by atoms with Crippen LogP contribution in [0.3, 0.4) is 0 Å². The minimum Gasteiger partial charge on any atom is -0.465 e. The number of methoxy groups -OCH3 is 2. The summed E-state index contributed by atoms with van der Waals surface area (Å²) in [5.41, 5.74) is 1.18. The predicted molar refractivity (Wildman–Crippen MR) is 75.4 cm³/mol. The molecule has 1 atom stereocenters. The SMILES string of the molecule is COC(OC)C(CNC(=O)O)SCc1ccccc1. The molecule has 0 bridgehead atoms. The lowest BCUT2D eigenvalue weighted by Crippen LogP contribution is -2.38. The first kappa shape index (κ1) is 15.8. The highest BCUT2D eigenvalue weighted by atomic mass is 32.2. The maximum atomic E-state index is 10.6. The number of hydrogen-bond acceptors (Lipinski definition) is 4. The van der Waals surface area contributed by atoms with Gasteiger partial charge in [0.05, 0.1) is 5.25 Å². The summed E-state index contributed by atoms with van der Waals surface area (Å²) in [7, 11) is 3.09. The van der Waals surface area contributed by atoms with Crippen molar-refractivity contribution in [2.75, 3.05) is 20.8 Å². The van der Waals surface area contributed by atoms with Gasteiger partial charge < -0.3 is 19.9 Å². The second-order valence-electron chi connectivity index (χ2n) is 3.86. The summed E-state index contributed by atoms with van der Waals surface area (Å²) in [6, 6.07) is 9.98. The van der Waals surface area contributed by atoms with Gasteiger partial charge in [0.2, 0.25) is 0 Å². The third-order valence-corrected chi connectivity index (χ3v) is 3.85. The molecule has 19 heavy (non-hydrogen) atoms. The van der Waals surface area contributed by atoms with E-state index in [2.05, 4.69) is 5.32 Å². The second-order valence-corrected chi connectivity index (χ2v) is 5.09. The largest absolute Gasteiger partial charge is 0.465 e. The molecule has 5 nitrogen and oxygen atoms in total. The third kappa shape index (κ3) is 5.96. The van der Waals surface area contributed by atoms with Gasteiger partial charge in [-0.25, -0.2) is 4.79 Å². The van der Waals surface area contributed by atoms with E-state index in [9.17, 15) is 4.79 Å². The van der Waals surface area contributed by atoms with Crippen LogP contribution in [0.25, 0.3) is 0 Å². The third-order valence-electron chi connectivity index (χ3n) is 2.53. The van der Waals surface area contributed by atoms with Crippen molar-refractivity contribution < 1.29 is 19.4 Å². The Morgan fingerprint density at radius 2 is 1.95 bits per heavy atom. The number of carboxylic acid groups (broad SMARTS) is 1. The van der Waals surface area contributed by atoms with Crippen LogP contribution in [0.1, 0.15) is 5.56 Å². The number of ether oxygens (including phenoxy) is 2. The predicted octanol–water partition coefficient (Wildman–Crippen LogP) is 2.17. The fraction of sp³-hybridized carbons (Fsp3) is 0.462. The van der Waals surface area contributed by atoms with Gasteiger partial charge in [0.25, 0.3) is 0 Å². The van der Waals surface area contributed by atoms with E-state index in [1.807, 2.05) is 30.3 Å². The van der Waals surface area contributed by atoms with E-state index in [-0.39, 0.29) is 11.8 Å². The quantitative estimate of drug-likeness (QED) is 0.717. The Kier molecular flexibility index (Phi) is 7.32. The van der Waals surface area contributed by atoms with E-state index in [0.717, 1.165) is 5.75 Å². The molecule has 1 rings (SSSR count). The van der Waals surface area contributed by atoms with Gasteiger partial charge in [0.15, 0.2) is 6.29 Å². The first-order valence-electron chi connectivity index (χ1n) is 5.85. The minimum atomic E-state index is -1.05. The van der Waals surface area contributed by atoms with Crippen LogP contribution >= 0.6 is 11.8 Å². The van der Waals surface area contributed by atoms with E-state index < -0.39 is 12.4 Å². The average molecular weight is 285 g/mol. The van der Waals surface area contributed by atoms with Crippen molar-refractivity contribution in [3.8, 4) is 0 Å². The maximum Gasteiger partial charge on any atom is 0.404 e. The van der Waals surface area contributed by atoms with Gasteiger partial charge in [-0.1, -0.05) is 30.3 Å². The van der Waals surface area contributed by atoms with Gasteiger partial charge in [0.1, 0.15) is 0 Å². The number of carbonyl (C=O) groups is 1. The molecule has 0 fully saturated rings. The van der Waals surface area contributed by atoms with E-state index >= 15 is 0 Å². The summed E-state index contributed by atoms with van der Waals surface area (Å²) in [6.07, 6.45) is -1.49. The van der Waals surface area contributed by atoms with E-state index in [4.69, 9.17) is 14.6 Å². The van der Waals surface area contributed by atoms with Crippen LogP contribution in [0.15, 0.2) is 30.3 Å². The molecule has 1 aromatic rings. The molecule has 0 aromatic heterocycles. The van der Waals surface area contributed by atoms with Gasteiger partial charge in [0, 0.05) is 26.5 Å². The lowest BCUT2D eigenvalue weighted by atomic mass is 10.2.